The number of carbonyl (C=O) groups is 1. The summed E-state index contributed by atoms with van der Waals surface area (Å²) in [6, 6.07) is 5.96. The van der Waals surface area contributed by atoms with E-state index in [9.17, 15) is 9.90 Å². The van der Waals surface area contributed by atoms with Gasteiger partial charge in [-0.1, -0.05) is 31.5 Å². The van der Waals surface area contributed by atoms with Gasteiger partial charge in [-0.05, 0) is 98.3 Å². The van der Waals surface area contributed by atoms with E-state index in [1.54, 1.807) is 0 Å². The van der Waals surface area contributed by atoms with Gasteiger partial charge in [-0.2, -0.15) is 0 Å². The van der Waals surface area contributed by atoms with Crippen molar-refractivity contribution >= 4 is 5.78 Å². The maximum Gasteiger partial charge on any atom is 0.139 e. The number of aryl methyl sites for hydroxylation is 3. The number of nitrogens with zero attached hydrogens (tertiary/aromatic N) is 3. The van der Waals surface area contributed by atoms with Crippen LogP contribution in [0.15, 0.2) is 24.4 Å². The van der Waals surface area contributed by atoms with E-state index in [4.69, 9.17) is 0 Å². The standard InChI is InChI=1S/C27H37N3O2/c1-3-4-14-30-17-20(28-29-30)7-5-6-19-16-25(32)27(2)13-12-23-22-11-9-21(31)15-18(22)8-10-24(23)26(19)27/h9,11,15,17,19,23-24,26,31H,3-8,10,12-14,16H2,1-2H3/t19?,23-,24-,26+,27-/m1/s1. The Hall–Kier alpha value is -2.17. The summed E-state index contributed by atoms with van der Waals surface area (Å²) in [5.74, 6) is 3.02. The Balaban J connectivity index is 1.28. The molecule has 1 unspecified atom stereocenters. The van der Waals surface area contributed by atoms with Crippen LogP contribution in [0.3, 0.4) is 0 Å². The third-order valence-corrected chi connectivity index (χ3v) is 8.89. The molecular formula is C27H37N3O2. The molecule has 5 atom stereocenters. The maximum atomic E-state index is 13.2. The summed E-state index contributed by atoms with van der Waals surface area (Å²) in [5.41, 5.74) is 3.70. The molecule has 0 spiro atoms. The number of unbranched alkanes of at least 4 members (excludes halogenated alkanes) is 1. The molecule has 2 saturated carbocycles. The highest BCUT2D eigenvalue weighted by Crippen LogP contribution is 2.62. The Morgan fingerprint density at radius 2 is 2.12 bits per heavy atom. The summed E-state index contributed by atoms with van der Waals surface area (Å²) in [4.78, 5) is 13.2. The molecule has 2 aromatic rings. The fourth-order valence-corrected chi connectivity index (χ4v) is 7.32. The first-order valence-electron chi connectivity index (χ1n) is 12.7. The lowest BCUT2D eigenvalue weighted by Crippen LogP contribution is -2.44. The van der Waals surface area contributed by atoms with Gasteiger partial charge in [0.05, 0.1) is 5.69 Å². The van der Waals surface area contributed by atoms with Gasteiger partial charge in [0.15, 0.2) is 0 Å². The van der Waals surface area contributed by atoms with Gasteiger partial charge in [0, 0.05) is 24.6 Å². The van der Waals surface area contributed by atoms with E-state index in [-0.39, 0.29) is 5.41 Å². The molecule has 0 aliphatic heterocycles. The molecule has 5 nitrogen and oxygen atoms in total. The number of aromatic nitrogens is 3. The van der Waals surface area contributed by atoms with Crippen molar-refractivity contribution < 1.29 is 9.90 Å². The minimum atomic E-state index is -0.135. The first-order chi connectivity index (χ1) is 15.5. The first kappa shape index (κ1) is 21.7. The monoisotopic (exact) mass is 435 g/mol. The van der Waals surface area contributed by atoms with Crippen LogP contribution < -0.4 is 0 Å². The van der Waals surface area contributed by atoms with Gasteiger partial charge in [-0.15, -0.1) is 5.10 Å². The fraction of sp³-hybridized carbons (Fsp3) is 0.667. The lowest BCUT2D eigenvalue weighted by molar-refractivity contribution is -0.129. The largest absolute Gasteiger partial charge is 0.508 e. The zero-order valence-corrected chi connectivity index (χ0v) is 19.6. The molecule has 1 aromatic carbocycles. The Labute approximate surface area is 191 Å². The van der Waals surface area contributed by atoms with Crippen LogP contribution in [0.1, 0.15) is 88.0 Å². The van der Waals surface area contributed by atoms with Crippen LogP contribution in [0.5, 0.6) is 5.75 Å². The van der Waals surface area contributed by atoms with E-state index in [1.807, 2.05) is 16.8 Å². The van der Waals surface area contributed by atoms with Crippen LogP contribution in [0.25, 0.3) is 0 Å². The molecule has 3 aliphatic rings. The Morgan fingerprint density at radius 1 is 1.25 bits per heavy atom. The summed E-state index contributed by atoms with van der Waals surface area (Å²) in [5, 5.41) is 18.6. The zero-order valence-electron chi connectivity index (χ0n) is 19.6. The minimum absolute atomic E-state index is 0.135. The summed E-state index contributed by atoms with van der Waals surface area (Å²) in [6.45, 7) is 5.41. The van der Waals surface area contributed by atoms with Crippen molar-refractivity contribution in [3.63, 3.8) is 0 Å². The number of phenolic OH excluding ortho intramolecular Hbond substituents is 1. The highest BCUT2D eigenvalue weighted by molar-refractivity contribution is 5.87. The number of fused-ring (bicyclic) bond motifs is 5. The summed E-state index contributed by atoms with van der Waals surface area (Å²) in [7, 11) is 0. The highest BCUT2D eigenvalue weighted by atomic mass is 16.3. The number of benzene rings is 1. The van der Waals surface area contributed by atoms with Gasteiger partial charge in [0.2, 0.25) is 0 Å². The predicted molar refractivity (Wildman–Crippen MR) is 124 cm³/mol. The first-order valence-corrected chi connectivity index (χ1v) is 12.7. The smallest absolute Gasteiger partial charge is 0.139 e. The molecule has 2 fully saturated rings. The summed E-state index contributed by atoms with van der Waals surface area (Å²) >= 11 is 0. The molecule has 0 bridgehead atoms. The van der Waals surface area contributed by atoms with Crippen LogP contribution in [0.2, 0.25) is 0 Å². The zero-order chi connectivity index (χ0) is 22.3. The number of hydrogen-bond donors (Lipinski definition) is 1. The molecule has 1 heterocycles. The molecular weight excluding hydrogens is 398 g/mol. The quantitative estimate of drug-likeness (QED) is 0.627. The average Bonchev–Trinajstić information content (AvgIpc) is 3.33. The number of rotatable bonds is 7. The topological polar surface area (TPSA) is 68.0 Å². The van der Waals surface area contributed by atoms with Gasteiger partial charge in [0.25, 0.3) is 0 Å². The maximum absolute atomic E-state index is 13.2. The Morgan fingerprint density at radius 3 is 2.97 bits per heavy atom. The minimum Gasteiger partial charge on any atom is -0.508 e. The van der Waals surface area contributed by atoms with Gasteiger partial charge in [-0.25, -0.2) is 0 Å². The van der Waals surface area contributed by atoms with Crippen molar-refractivity contribution in [2.24, 2.45) is 23.2 Å². The third kappa shape index (κ3) is 3.78. The van der Waals surface area contributed by atoms with Crippen molar-refractivity contribution in [2.45, 2.75) is 90.5 Å². The highest BCUT2D eigenvalue weighted by Gasteiger charge is 2.58. The van der Waals surface area contributed by atoms with Gasteiger partial charge >= 0.3 is 0 Å². The van der Waals surface area contributed by atoms with Crippen LogP contribution in [0.4, 0.5) is 0 Å². The summed E-state index contributed by atoms with van der Waals surface area (Å²) in [6.07, 6.45) is 12.6. The van der Waals surface area contributed by atoms with Crippen LogP contribution in [-0.2, 0) is 24.2 Å². The molecule has 3 aliphatic carbocycles. The van der Waals surface area contributed by atoms with Crippen molar-refractivity contribution in [3.05, 3.63) is 41.2 Å². The average molecular weight is 436 g/mol. The number of ketones is 1. The van der Waals surface area contributed by atoms with E-state index >= 15 is 0 Å². The molecule has 1 aromatic heterocycles. The van der Waals surface area contributed by atoms with Crippen molar-refractivity contribution in [1.82, 2.24) is 15.0 Å². The van der Waals surface area contributed by atoms with E-state index in [2.05, 4.69) is 36.4 Å². The van der Waals surface area contributed by atoms with Gasteiger partial charge in [-0.3, -0.25) is 9.48 Å². The predicted octanol–water partition coefficient (Wildman–Crippen LogP) is 5.46. The fourth-order valence-electron chi connectivity index (χ4n) is 7.32. The second-order valence-electron chi connectivity index (χ2n) is 10.8. The van der Waals surface area contributed by atoms with Crippen LogP contribution in [-0.4, -0.2) is 25.9 Å². The van der Waals surface area contributed by atoms with Gasteiger partial charge in [0.1, 0.15) is 11.5 Å². The molecule has 32 heavy (non-hydrogen) atoms. The molecule has 5 heteroatoms. The van der Waals surface area contributed by atoms with Crippen molar-refractivity contribution in [2.75, 3.05) is 0 Å². The number of Topliss-reactive ketones (excluding diaryl/α,β-unsaturated/α-hetero) is 1. The lowest BCUT2D eigenvalue weighted by Gasteiger charge is -2.50. The van der Waals surface area contributed by atoms with Crippen LogP contribution in [0, 0.1) is 23.2 Å². The van der Waals surface area contributed by atoms with E-state index in [1.165, 1.54) is 17.5 Å². The normalized spacial score (nSPS) is 31.2. The SMILES string of the molecule is CCCCn1cc(CCCC2CC(=O)[C@@]3(C)CC[C@@H]4c5ccc(O)cc5CC[C@H]4[C@H]23)nn1. The summed E-state index contributed by atoms with van der Waals surface area (Å²) < 4.78 is 1.97. The third-order valence-electron chi connectivity index (χ3n) is 8.89. The number of carbonyl (C=O) groups excluding carboxylic acids is 1. The number of aromatic hydroxyl groups is 1. The second-order valence-corrected chi connectivity index (χ2v) is 10.8. The lowest BCUT2D eigenvalue weighted by atomic mass is 9.54. The van der Waals surface area contributed by atoms with E-state index in [0.29, 0.717) is 35.2 Å². The second kappa shape index (κ2) is 8.64. The Bertz CT molecular complexity index is 983. The van der Waals surface area contributed by atoms with Crippen molar-refractivity contribution in [1.29, 1.82) is 0 Å². The molecule has 1 N–H and O–H groups in total. The van der Waals surface area contributed by atoms with E-state index < -0.39 is 0 Å². The molecule has 0 amide bonds. The molecule has 0 saturated heterocycles. The van der Waals surface area contributed by atoms with Crippen molar-refractivity contribution in [3.8, 4) is 5.75 Å². The molecule has 5 rings (SSSR count). The van der Waals surface area contributed by atoms with Crippen LogP contribution >= 0.6 is 0 Å². The molecule has 172 valence electrons. The molecule has 0 radical (unpaired) electrons. The van der Waals surface area contributed by atoms with E-state index in [0.717, 1.165) is 70.0 Å². The Kier molecular flexibility index (Phi) is 5.85. The number of phenols is 1. The van der Waals surface area contributed by atoms with Gasteiger partial charge < -0.3 is 5.11 Å². The number of hydrogen-bond acceptors (Lipinski definition) is 4.